The number of carbonyl (C=O) groups is 1. The summed E-state index contributed by atoms with van der Waals surface area (Å²) >= 11 is 0. The summed E-state index contributed by atoms with van der Waals surface area (Å²) in [4.78, 5) is 16.9. The lowest BCUT2D eigenvalue weighted by Gasteiger charge is -2.03. The highest BCUT2D eigenvalue weighted by Gasteiger charge is 2.08. The fourth-order valence-corrected chi connectivity index (χ4v) is 1.06. The molecular formula is C11H13FN2O. The van der Waals surface area contributed by atoms with Gasteiger partial charge in [0.05, 0.1) is 6.34 Å². The first-order valence-electron chi connectivity index (χ1n) is 4.52. The van der Waals surface area contributed by atoms with E-state index < -0.39 is 11.7 Å². The van der Waals surface area contributed by atoms with Crippen LogP contribution in [0.15, 0.2) is 23.2 Å². The monoisotopic (exact) mass is 208 g/mol. The standard InChI is InChI=1S/C11H13FN2O/c1-8-4-5-9(12)6-10(8)11(15)13-7-14(2)3/h4-7H,1-3H3/b13-7+. The second-order valence-electron chi connectivity index (χ2n) is 3.47. The van der Waals surface area contributed by atoms with E-state index in [9.17, 15) is 9.18 Å². The summed E-state index contributed by atoms with van der Waals surface area (Å²) < 4.78 is 12.9. The van der Waals surface area contributed by atoms with E-state index in [1.165, 1.54) is 18.5 Å². The normalized spacial score (nSPS) is 10.7. The van der Waals surface area contributed by atoms with Gasteiger partial charge in [0.25, 0.3) is 5.91 Å². The van der Waals surface area contributed by atoms with Crippen LogP contribution in [0.4, 0.5) is 4.39 Å². The smallest absolute Gasteiger partial charge is 0.278 e. The number of nitrogens with zero attached hydrogens (tertiary/aromatic N) is 2. The molecule has 0 radical (unpaired) electrons. The number of hydrogen-bond acceptors (Lipinski definition) is 1. The van der Waals surface area contributed by atoms with Crippen LogP contribution in [0.25, 0.3) is 0 Å². The van der Waals surface area contributed by atoms with E-state index in [1.807, 2.05) is 0 Å². The molecule has 0 heterocycles. The van der Waals surface area contributed by atoms with Crippen LogP contribution in [0.1, 0.15) is 15.9 Å². The lowest BCUT2D eigenvalue weighted by atomic mass is 10.1. The fraction of sp³-hybridized carbons (Fsp3) is 0.273. The first kappa shape index (κ1) is 11.4. The van der Waals surface area contributed by atoms with Crippen molar-refractivity contribution in [1.82, 2.24) is 4.90 Å². The molecule has 15 heavy (non-hydrogen) atoms. The number of amides is 1. The average molecular weight is 208 g/mol. The second-order valence-corrected chi connectivity index (χ2v) is 3.47. The number of aryl methyl sites for hydroxylation is 1. The minimum Gasteiger partial charge on any atom is -0.369 e. The highest BCUT2D eigenvalue weighted by Crippen LogP contribution is 2.11. The molecule has 1 amide bonds. The highest BCUT2D eigenvalue weighted by molar-refractivity contribution is 5.99. The predicted octanol–water partition coefficient (Wildman–Crippen LogP) is 1.86. The quantitative estimate of drug-likeness (QED) is 0.549. The zero-order valence-electron chi connectivity index (χ0n) is 8.99. The van der Waals surface area contributed by atoms with Gasteiger partial charge in [-0.15, -0.1) is 0 Å². The van der Waals surface area contributed by atoms with Gasteiger partial charge in [-0.1, -0.05) is 6.07 Å². The van der Waals surface area contributed by atoms with Gasteiger partial charge in [0.15, 0.2) is 0 Å². The van der Waals surface area contributed by atoms with Gasteiger partial charge >= 0.3 is 0 Å². The third-order valence-electron chi connectivity index (χ3n) is 1.84. The second kappa shape index (κ2) is 4.68. The molecule has 0 aliphatic carbocycles. The maximum absolute atomic E-state index is 12.9. The summed E-state index contributed by atoms with van der Waals surface area (Å²) in [7, 11) is 3.52. The van der Waals surface area contributed by atoms with E-state index in [1.54, 1.807) is 32.0 Å². The Balaban J connectivity index is 2.96. The minimum atomic E-state index is -0.430. The van der Waals surface area contributed by atoms with E-state index in [2.05, 4.69) is 4.99 Å². The Hall–Kier alpha value is -1.71. The van der Waals surface area contributed by atoms with Crippen molar-refractivity contribution in [2.45, 2.75) is 6.92 Å². The van der Waals surface area contributed by atoms with Gasteiger partial charge in [-0.25, -0.2) is 4.39 Å². The van der Waals surface area contributed by atoms with Gasteiger partial charge in [-0.2, -0.15) is 4.99 Å². The number of carbonyl (C=O) groups excluding carboxylic acids is 1. The van der Waals surface area contributed by atoms with Crippen LogP contribution in [-0.2, 0) is 0 Å². The average Bonchev–Trinajstić information content (AvgIpc) is 2.18. The molecule has 0 saturated heterocycles. The molecule has 0 aromatic heterocycles. The van der Waals surface area contributed by atoms with E-state index in [0.29, 0.717) is 5.56 Å². The predicted molar refractivity (Wildman–Crippen MR) is 57.6 cm³/mol. The van der Waals surface area contributed by atoms with Crippen LogP contribution >= 0.6 is 0 Å². The number of rotatable bonds is 2. The van der Waals surface area contributed by atoms with Gasteiger partial charge in [0, 0.05) is 19.7 Å². The summed E-state index contributed by atoms with van der Waals surface area (Å²) in [5, 5.41) is 0. The maximum atomic E-state index is 12.9. The molecule has 1 aromatic rings. The molecule has 0 atom stereocenters. The molecule has 0 fully saturated rings. The zero-order chi connectivity index (χ0) is 11.4. The van der Waals surface area contributed by atoms with E-state index in [4.69, 9.17) is 0 Å². The van der Waals surface area contributed by atoms with Crippen molar-refractivity contribution in [3.63, 3.8) is 0 Å². The van der Waals surface area contributed by atoms with Crippen molar-refractivity contribution >= 4 is 12.2 Å². The Morgan fingerprint density at radius 2 is 2.13 bits per heavy atom. The van der Waals surface area contributed by atoms with Crippen LogP contribution in [0, 0.1) is 12.7 Å². The largest absolute Gasteiger partial charge is 0.369 e. The summed E-state index contributed by atoms with van der Waals surface area (Å²) in [5.74, 6) is -0.857. The summed E-state index contributed by atoms with van der Waals surface area (Å²) in [6, 6.07) is 4.08. The molecule has 4 heteroatoms. The topological polar surface area (TPSA) is 32.7 Å². The van der Waals surface area contributed by atoms with Crippen molar-refractivity contribution in [1.29, 1.82) is 0 Å². The SMILES string of the molecule is Cc1ccc(F)cc1C(=O)/N=C/N(C)C. The van der Waals surface area contributed by atoms with Crippen LogP contribution in [0.2, 0.25) is 0 Å². The zero-order valence-corrected chi connectivity index (χ0v) is 8.99. The number of hydrogen-bond donors (Lipinski definition) is 0. The van der Waals surface area contributed by atoms with Crippen molar-refractivity contribution in [3.8, 4) is 0 Å². The van der Waals surface area contributed by atoms with E-state index in [-0.39, 0.29) is 0 Å². The highest BCUT2D eigenvalue weighted by atomic mass is 19.1. The Morgan fingerprint density at radius 1 is 1.47 bits per heavy atom. The number of benzene rings is 1. The molecule has 0 aliphatic rings. The molecule has 1 rings (SSSR count). The van der Waals surface area contributed by atoms with Crippen molar-refractivity contribution in [3.05, 3.63) is 35.1 Å². The van der Waals surface area contributed by atoms with Gasteiger partial charge in [0.1, 0.15) is 5.82 Å². The first-order chi connectivity index (χ1) is 7.00. The van der Waals surface area contributed by atoms with Crippen LogP contribution in [0.5, 0.6) is 0 Å². The minimum absolute atomic E-state index is 0.299. The van der Waals surface area contributed by atoms with Crippen molar-refractivity contribution < 1.29 is 9.18 Å². The summed E-state index contributed by atoms with van der Waals surface area (Å²) in [5.41, 5.74) is 1.02. The third-order valence-corrected chi connectivity index (χ3v) is 1.84. The molecule has 0 unspecified atom stereocenters. The molecule has 80 valence electrons. The fourth-order valence-electron chi connectivity index (χ4n) is 1.06. The van der Waals surface area contributed by atoms with Crippen molar-refractivity contribution in [2.75, 3.05) is 14.1 Å². The Labute approximate surface area is 88.2 Å². The van der Waals surface area contributed by atoms with E-state index >= 15 is 0 Å². The Bertz CT molecular complexity index is 400. The molecule has 0 saturated carbocycles. The molecule has 1 aromatic carbocycles. The first-order valence-corrected chi connectivity index (χ1v) is 4.52. The summed E-state index contributed by atoms with van der Waals surface area (Å²) in [6.45, 7) is 1.75. The van der Waals surface area contributed by atoms with Gasteiger partial charge in [-0.05, 0) is 24.6 Å². The summed E-state index contributed by atoms with van der Waals surface area (Å²) in [6.07, 6.45) is 1.40. The number of halogens is 1. The lowest BCUT2D eigenvalue weighted by Crippen LogP contribution is -2.10. The van der Waals surface area contributed by atoms with Crippen molar-refractivity contribution in [2.24, 2.45) is 4.99 Å². The maximum Gasteiger partial charge on any atom is 0.278 e. The Morgan fingerprint density at radius 3 is 2.73 bits per heavy atom. The van der Waals surface area contributed by atoms with Crippen LogP contribution < -0.4 is 0 Å². The van der Waals surface area contributed by atoms with Gasteiger partial charge in [-0.3, -0.25) is 4.79 Å². The van der Waals surface area contributed by atoms with Gasteiger partial charge < -0.3 is 4.90 Å². The lowest BCUT2D eigenvalue weighted by molar-refractivity contribution is 0.100. The molecule has 0 bridgehead atoms. The molecule has 0 aliphatic heterocycles. The van der Waals surface area contributed by atoms with Crippen LogP contribution in [0.3, 0.4) is 0 Å². The number of aliphatic imine (C=N–C) groups is 1. The van der Waals surface area contributed by atoms with Crippen LogP contribution in [-0.4, -0.2) is 31.2 Å². The molecule has 0 N–H and O–H groups in total. The molecule has 0 spiro atoms. The van der Waals surface area contributed by atoms with Gasteiger partial charge in [0.2, 0.25) is 0 Å². The third kappa shape index (κ3) is 3.16. The molecular weight excluding hydrogens is 195 g/mol. The van der Waals surface area contributed by atoms with E-state index in [0.717, 1.165) is 5.56 Å². The molecule has 3 nitrogen and oxygen atoms in total. The Kier molecular flexibility index (Phi) is 3.55.